The summed E-state index contributed by atoms with van der Waals surface area (Å²) in [6.07, 6.45) is -4.66. The van der Waals surface area contributed by atoms with Gasteiger partial charge in [-0.3, -0.25) is 14.6 Å². The molecule has 176 valence electrons. The fraction of sp³-hybridized carbons (Fsp3) is 0.182. The van der Waals surface area contributed by atoms with Crippen molar-refractivity contribution in [1.29, 1.82) is 0 Å². The van der Waals surface area contributed by atoms with E-state index in [9.17, 15) is 27.2 Å². The van der Waals surface area contributed by atoms with Crippen LogP contribution in [0.4, 0.5) is 29.1 Å². The number of alkyl halides is 3. The number of amides is 2. The Morgan fingerprint density at radius 1 is 1.09 bits per heavy atom. The molecular weight excluding hydrogens is 456 g/mol. The van der Waals surface area contributed by atoms with Crippen molar-refractivity contribution in [2.24, 2.45) is 10.8 Å². The van der Waals surface area contributed by atoms with Gasteiger partial charge in [-0.2, -0.15) is 23.4 Å². The number of hydrogen-bond acceptors (Lipinski definition) is 5. The Labute approximate surface area is 190 Å². The maximum absolute atomic E-state index is 13.3. The SMILES string of the molecule is Cc1cc(NC(=O)C2=NN(c3ccc(F)cc3)C(C(N)=O)C2)n(-c2cccc(C(F)(F)F)c2)n1. The largest absolute Gasteiger partial charge is 0.416 e. The Morgan fingerprint density at radius 2 is 1.79 bits per heavy atom. The molecule has 1 unspecified atom stereocenters. The molecule has 0 spiro atoms. The summed E-state index contributed by atoms with van der Waals surface area (Å²) in [6, 6.07) is 10.1. The van der Waals surface area contributed by atoms with Crippen molar-refractivity contribution in [3.63, 3.8) is 0 Å². The van der Waals surface area contributed by atoms with Crippen LogP contribution in [0.15, 0.2) is 59.7 Å². The molecule has 2 aromatic carbocycles. The van der Waals surface area contributed by atoms with Crippen molar-refractivity contribution in [2.45, 2.75) is 25.6 Å². The zero-order valence-electron chi connectivity index (χ0n) is 17.7. The normalized spacial score (nSPS) is 15.9. The fourth-order valence-corrected chi connectivity index (χ4v) is 3.49. The second-order valence-corrected chi connectivity index (χ2v) is 7.57. The number of halogens is 4. The van der Waals surface area contributed by atoms with Crippen LogP contribution < -0.4 is 16.1 Å². The van der Waals surface area contributed by atoms with Crippen LogP contribution in [0.5, 0.6) is 0 Å². The van der Waals surface area contributed by atoms with E-state index in [-0.39, 0.29) is 23.6 Å². The number of nitrogens with two attached hydrogens (primary N) is 1. The molecular formula is C22H18F4N6O2. The van der Waals surface area contributed by atoms with E-state index in [1.807, 2.05) is 0 Å². The summed E-state index contributed by atoms with van der Waals surface area (Å²) in [5.41, 5.74) is 5.45. The molecule has 2 heterocycles. The zero-order chi connectivity index (χ0) is 24.6. The van der Waals surface area contributed by atoms with Gasteiger partial charge in [-0.25, -0.2) is 9.07 Å². The van der Waals surface area contributed by atoms with E-state index in [0.717, 1.165) is 12.1 Å². The van der Waals surface area contributed by atoms with Crippen LogP contribution in [-0.4, -0.2) is 33.3 Å². The molecule has 1 aliphatic rings. The highest BCUT2D eigenvalue weighted by Crippen LogP contribution is 2.31. The van der Waals surface area contributed by atoms with E-state index in [4.69, 9.17) is 5.73 Å². The summed E-state index contributed by atoms with van der Waals surface area (Å²) in [4.78, 5) is 24.9. The van der Waals surface area contributed by atoms with E-state index in [1.54, 1.807) is 6.92 Å². The molecule has 3 N–H and O–H groups in total. The molecule has 0 aliphatic carbocycles. The summed E-state index contributed by atoms with van der Waals surface area (Å²) in [6.45, 7) is 1.62. The molecule has 8 nitrogen and oxygen atoms in total. The summed E-state index contributed by atoms with van der Waals surface area (Å²) < 4.78 is 53.8. The van der Waals surface area contributed by atoms with Gasteiger partial charge in [-0.1, -0.05) is 6.07 Å². The molecule has 34 heavy (non-hydrogen) atoms. The number of aromatic nitrogens is 2. The number of carbonyl (C=O) groups excluding carboxylic acids is 2. The Balaban J connectivity index is 1.62. The van der Waals surface area contributed by atoms with Gasteiger partial charge in [-0.15, -0.1) is 0 Å². The molecule has 0 saturated carbocycles. The number of hydrogen-bond donors (Lipinski definition) is 2. The number of rotatable bonds is 5. The maximum atomic E-state index is 13.3. The Bertz CT molecular complexity index is 1280. The van der Waals surface area contributed by atoms with Crippen LogP contribution in [0.25, 0.3) is 5.69 Å². The van der Waals surface area contributed by atoms with Crippen molar-refractivity contribution >= 4 is 29.0 Å². The smallest absolute Gasteiger partial charge is 0.368 e. The van der Waals surface area contributed by atoms with Crippen LogP contribution in [-0.2, 0) is 15.8 Å². The average molecular weight is 474 g/mol. The van der Waals surface area contributed by atoms with Gasteiger partial charge in [0.15, 0.2) is 0 Å². The second-order valence-electron chi connectivity index (χ2n) is 7.57. The Hall–Kier alpha value is -4.22. The number of benzene rings is 2. The lowest BCUT2D eigenvalue weighted by Gasteiger charge is -2.20. The highest BCUT2D eigenvalue weighted by Gasteiger charge is 2.35. The van der Waals surface area contributed by atoms with Crippen LogP contribution in [0.3, 0.4) is 0 Å². The molecule has 0 fully saturated rings. The predicted molar refractivity (Wildman–Crippen MR) is 116 cm³/mol. The molecule has 0 radical (unpaired) electrons. The standard InChI is InChI=1S/C22H18F4N6O2/c1-12-9-19(32(29-12)16-4-2-3-13(10-16)22(24,25)26)28-21(34)17-11-18(20(27)33)31(30-17)15-7-5-14(23)6-8-15/h2-10,18H,11H2,1H3,(H2,27,33)(H,28,34). The van der Waals surface area contributed by atoms with Gasteiger partial charge in [0.05, 0.1) is 22.6 Å². The molecule has 3 aromatic rings. The first-order chi connectivity index (χ1) is 16.0. The molecule has 0 bridgehead atoms. The van der Waals surface area contributed by atoms with Gasteiger partial charge in [-0.05, 0) is 49.4 Å². The third-order valence-electron chi connectivity index (χ3n) is 5.08. The van der Waals surface area contributed by atoms with Crippen molar-refractivity contribution in [1.82, 2.24) is 9.78 Å². The first-order valence-corrected chi connectivity index (χ1v) is 10.00. The topological polar surface area (TPSA) is 106 Å². The Kier molecular flexibility index (Phi) is 5.82. The third kappa shape index (κ3) is 4.60. The minimum absolute atomic E-state index is 0.0393. The van der Waals surface area contributed by atoms with Gasteiger partial charge in [0, 0.05) is 12.5 Å². The number of nitrogens with zero attached hydrogens (tertiary/aromatic N) is 4. The number of hydrazone groups is 1. The minimum Gasteiger partial charge on any atom is -0.368 e. The van der Waals surface area contributed by atoms with Crippen molar-refractivity contribution in [2.75, 3.05) is 10.3 Å². The van der Waals surface area contributed by atoms with Crippen molar-refractivity contribution < 1.29 is 27.2 Å². The second kappa shape index (κ2) is 8.61. The highest BCUT2D eigenvalue weighted by atomic mass is 19.4. The number of carbonyl (C=O) groups is 2. The lowest BCUT2D eigenvalue weighted by molar-refractivity contribution is -0.137. The molecule has 2 amide bonds. The molecule has 12 heteroatoms. The van der Waals surface area contributed by atoms with Crippen LogP contribution in [0.1, 0.15) is 17.7 Å². The van der Waals surface area contributed by atoms with Crippen LogP contribution >= 0.6 is 0 Å². The Morgan fingerprint density at radius 3 is 2.44 bits per heavy atom. The van der Waals surface area contributed by atoms with Crippen LogP contribution in [0.2, 0.25) is 0 Å². The van der Waals surface area contributed by atoms with Gasteiger partial charge < -0.3 is 11.1 Å². The van der Waals surface area contributed by atoms with Crippen molar-refractivity contribution in [3.8, 4) is 5.69 Å². The van der Waals surface area contributed by atoms with E-state index >= 15 is 0 Å². The van der Waals surface area contributed by atoms with E-state index in [2.05, 4.69) is 15.5 Å². The molecule has 1 atom stereocenters. The molecule has 4 rings (SSSR count). The highest BCUT2D eigenvalue weighted by molar-refractivity contribution is 6.44. The predicted octanol–water partition coefficient (Wildman–Crippen LogP) is 3.40. The summed E-state index contributed by atoms with van der Waals surface area (Å²) in [5.74, 6) is -1.80. The molecule has 1 aromatic heterocycles. The quantitative estimate of drug-likeness (QED) is 0.553. The number of aryl methyl sites for hydroxylation is 1. The van der Waals surface area contributed by atoms with E-state index in [1.165, 1.54) is 52.2 Å². The molecule has 1 aliphatic heterocycles. The first-order valence-electron chi connectivity index (χ1n) is 10.00. The zero-order valence-corrected chi connectivity index (χ0v) is 17.7. The minimum atomic E-state index is -4.55. The number of nitrogens with one attached hydrogen (secondary N) is 1. The summed E-state index contributed by atoms with van der Waals surface area (Å²) in [7, 11) is 0. The van der Waals surface area contributed by atoms with E-state index < -0.39 is 35.4 Å². The van der Waals surface area contributed by atoms with Crippen LogP contribution in [0, 0.1) is 12.7 Å². The van der Waals surface area contributed by atoms with E-state index in [0.29, 0.717) is 11.4 Å². The summed E-state index contributed by atoms with van der Waals surface area (Å²) in [5, 5.41) is 12.2. The fourth-order valence-electron chi connectivity index (χ4n) is 3.49. The van der Waals surface area contributed by atoms with Gasteiger partial charge >= 0.3 is 6.18 Å². The van der Waals surface area contributed by atoms with Gasteiger partial charge in [0.1, 0.15) is 23.4 Å². The third-order valence-corrected chi connectivity index (χ3v) is 5.08. The lowest BCUT2D eigenvalue weighted by Crippen LogP contribution is -2.39. The summed E-state index contributed by atoms with van der Waals surface area (Å²) >= 11 is 0. The average Bonchev–Trinajstić information content (AvgIpc) is 3.38. The van der Waals surface area contributed by atoms with Crippen molar-refractivity contribution in [3.05, 3.63) is 71.7 Å². The maximum Gasteiger partial charge on any atom is 0.416 e. The van der Waals surface area contributed by atoms with Gasteiger partial charge in [0.25, 0.3) is 5.91 Å². The lowest BCUT2D eigenvalue weighted by atomic mass is 10.1. The molecule has 0 saturated heterocycles. The first kappa shape index (κ1) is 23.0. The monoisotopic (exact) mass is 474 g/mol. The number of anilines is 2. The number of primary amides is 1. The van der Waals surface area contributed by atoms with Gasteiger partial charge in [0.2, 0.25) is 5.91 Å².